The van der Waals surface area contributed by atoms with Crippen LogP contribution in [0.5, 0.6) is 0 Å². The van der Waals surface area contributed by atoms with Crippen LogP contribution in [0.2, 0.25) is 0 Å². The van der Waals surface area contributed by atoms with Crippen molar-refractivity contribution in [1.82, 2.24) is 14.8 Å². The van der Waals surface area contributed by atoms with Crippen molar-refractivity contribution >= 4 is 34.9 Å². The molecule has 0 bridgehead atoms. The number of amides is 1. The number of Topliss-reactive ketones (excluding diaryl/α,β-unsaturated/α-hetero) is 1. The smallest absolute Gasteiger partial charge is 0.306 e. The van der Waals surface area contributed by atoms with E-state index in [1.165, 1.54) is 42.5 Å². The van der Waals surface area contributed by atoms with Gasteiger partial charge in [0.15, 0.2) is 11.6 Å². The molecular weight excluding hydrogens is 405 g/mol. The van der Waals surface area contributed by atoms with E-state index >= 15 is 0 Å². The number of nitrogens with zero attached hydrogens (tertiary/aromatic N) is 3. The Labute approximate surface area is 167 Å². The van der Waals surface area contributed by atoms with E-state index in [1.807, 2.05) is 0 Å². The molecule has 0 radical (unpaired) electrons. The van der Waals surface area contributed by atoms with Gasteiger partial charge in [-0.05, 0) is 23.8 Å². The van der Waals surface area contributed by atoms with Gasteiger partial charge in [-0.25, -0.2) is 4.98 Å². The lowest BCUT2D eigenvalue weighted by Crippen LogP contribution is -2.09. The highest BCUT2D eigenvalue weighted by atomic mass is 32.1. The largest absolute Gasteiger partial charge is 0.416 e. The van der Waals surface area contributed by atoms with Crippen LogP contribution in [0.15, 0.2) is 48.0 Å². The maximum absolute atomic E-state index is 12.5. The van der Waals surface area contributed by atoms with Gasteiger partial charge >= 0.3 is 6.18 Å². The van der Waals surface area contributed by atoms with Crippen LogP contribution in [0.4, 0.5) is 19.0 Å². The maximum atomic E-state index is 12.5. The van der Waals surface area contributed by atoms with E-state index < -0.39 is 17.6 Å². The Hall–Kier alpha value is -3.27. The summed E-state index contributed by atoms with van der Waals surface area (Å²) >= 11 is 1.34. The molecule has 3 aromatic rings. The number of aromatic nitrogens is 3. The molecule has 0 aliphatic heterocycles. The second kappa shape index (κ2) is 8.39. The average Bonchev–Trinajstić information content (AvgIpc) is 3.30. The Balaban J connectivity index is 1.57. The summed E-state index contributed by atoms with van der Waals surface area (Å²) in [5, 5.41) is 9.15. The number of rotatable bonds is 6. The molecule has 29 heavy (non-hydrogen) atoms. The second-order valence-electron chi connectivity index (χ2n) is 6.02. The van der Waals surface area contributed by atoms with Gasteiger partial charge < -0.3 is 5.32 Å². The molecule has 3 rings (SSSR count). The summed E-state index contributed by atoms with van der Waals surface area (Å²) in [6.45, 7) is 1.80. The van der Waals surface area contributed by atoms with Crippen molar-refractivity contribution in [3.63, 3.8) is 0 Å². The van der Waals surface area contributed by atoms with Gasteiger partial charge in [0.2, 0.25) is 5.91 Å². The Bertz CT molecular complexity index is 1050. The van der Waals surface area contributed by atoms with Crippen LogP contribution in [0, 0.1) is 0 Å². The van der Waals surface area contributed by atoms with Crippen molar-refractivity contribution in [3.05, 3.63) is 69.8 Å². The van der Waals surface area contributed by atoms with Gasteiger partial charge in [0.05, 0.1) is 12.1 Å². The third-order valence-electron chi connectivity index (χ3n) is 3.77. The molecule has 0 atom stereocenters. The molecule has 0 aliphatic carbocycles. The number of benzene rings is 1. The zero-order valence-electron chi connectivity index (χ0n) is 15.1. The van der Waals surface area contributed by atoms with Crippen LogP contribution in [0.1, 0.15) is 33.5 Å². The van der Waals surface area contributed by atoms with Crippen LogP contribution < -0.4 is 5.32 Å². The molecular formula is C19H15F3N4O2S. The summed E-state index contributed by atoms with van der Waals surface area (Å²) < 4.78 is 39.2. The van der Waals surface area contributed by atoms with Crippen molar-refractivity contribution in [2.24, 2.45) is 0 Å². The number of thiazole rings is 1. The third-order valence-corrected chi connectivity index (χ3v) is 4.60. The van der Waals surface area contributed by atoms with E-state index in [0.717, 1.165) is 12.1 Å². The lowest BCUT2D eigenvalue weighted by atomic mass is 10.1. The van der Waals surface area contributed by atoms with Crippen molar-refractivity contribution in [2.75, 3.05) is 5.32 Å². The molecule has 0 saturated heterocycles. The predicted molar refractivity (Wildman–Crippen MR) is 103 cm³/mol. The SMILES string of the molecule is CC(=O)c1csc(Cn2ccc(NC(=O)C=Cc3ccc(C(F)(F)F)cc3)n2)n1. The Morgan fingerprint density at radius 1 is 1.21 bits per heavy atom. The summed E-state index contributed by atoms with van der Waals surface area (Å²) in [5.41, 5.74) is 0.114. The molecule has 10 heteroatoms. The van der Waals surface area contributed by atoms with Gasteiger partial charge in [-0.2, -0.15) is 18.3 Å². The minimum atomic E-state index is -4.40. The number of hydrogen-bond acceptors (Lipinski definition) is 5. The quantitative estimate of drug-likeness (QED) is 0.478. The topological polar surface area (TPSA) is 76.9 Å². The first-order chi connectivity index (χ1) is 13.7. The van der Waals surface area contributed by atoms with Crippen LogP contribution in [0.25, 0.3) is 6.08 Å². The molecule has 1 N–H and O–H groups in total. The van der Waals surface area contributed by atoms with Crippen LogP contribution >= 0.6 is 11.3 Å². The molecule has 0 saturated carbocycles. The molecule has 1 amide bonds. The molecule has 6 nitrogen and oxygen atoms in total. The Kier molecular flexibility index (Phi) is 5.92. The summed E-state index contributed by atoms with van der Waals surface area (Å²) in [5.74, 6) is -0.264. The van der Waals surface area contributed by atoms with Gasteiger partial charge in [0.1, 0.15) is 10.7 Å². The first kappa shape index (κ1) is 20.5. The number of anilines is 1. The fourth-order valence-corrected chi connectivity index (χ4v) is 3.15. The van der Waals surface area contributed by atoms with E-state index in [2.05, 4.69) is 15.4 Å². The van der Waals surface area contributed by atoms with E-state index in [9.17, 15) is 22.8 Å². The molecule has 0 aliphatic rings. The Morgan fingerprint density at radius 2 is 1.93 bits per heavy atom. The molecule has 150 valence electrons. The Morgan fingerprint density at radius 3 is 2.55 bits per heavy atom. The lowest BCUT2D eigenvalue weighted by Gasteiger charge is -2.05. The van der Waals surface area contributed by atoms with Crippen LogP contribution in [-0.4, -0.2) is 26.5 Å². The van der Waals surface area contributed by atoms with Crippen LogP contribution in [0.3, 0.4) is 0 Å². The highest BCUT2D eigenvalue weighted by molar-refractivity contribution is 7.09. The summed E-state index contributed by atoms with van der Waals surface area (Å²) in [7, 11) is 0. The van der Waals surface area contributed by atoms with E-state index in [1.54, 1.807) is 22.3 Å². The van der Waals surface area contributed by atoms with E-state index in [4.69, 9.17) is 0 Å². The molecule has 2 aromatic heterocycles. The summed E-state index contributed by atoms with van der Waals surface area (Å²) in [6.07, 6.45) is -0.123. The van der Waals surface area contributed by atoms with E-state index in [-0.39, 0.29) is 5.78 Å². The molecule has 1 aromatic carbocycles. The maximum Gasteiger partial charge on any atom is 0.416 e. The zero-order valence-corrected chi connectivity index (χ0v) is 15.9. The summed E-state index contributed by atoms with van der Waals surface area (Å²) in [4.78, 5) is 27.5. The number of ketones is 1. The number of nitrogens with one attached hydrogen (secondary N) is 1. The van der Waals surface area contributed by atoms with Gasteiger partial charge in [0.25, 0.3) is 0 Å². The third kappa shape index (κ3) is 5.61. The normalized spacial score (nSPS) is 11.7. The fraction of sp³-hybridized carbons (Fsp3) is 0.158. The second-order valence-corrected chi connectivity index (χ2v) is 6.97. The van der Waals surface area contributed by atoms with Gasteiger partial charge in [-0.15, -0.1) is 11.3 Å². The van der Waals surface area contributed by atoms with Crippen molar-refractivity contribution in [3.8, 4) is 0 Å². The number of hydrogen-bond donors (Lipinski definition) is 1. The zero-order chi connectivity index (χ0) is 21.0. The predicted octanol–water partition coefficient (Wildman–Crippen LogP) is 4.26. The van der Waals surface area contributed by atoms with Gasteiger partial charge in [-0.1, -0.05) is 12.1 Å². The first-order valence-corrected chi connectivity index (χ1v) is 9.24. The van der Waals surface area contributed by atoms with Crippen molar-refractivity contribution < 1.29 is 22.8 Å². The number of halogens is 3. The monoisotopic (exact) mass is 420 g/mol. The molecule has 0 unspecified atom stereocenters. The minimum absolute atomic E-state index is 0.110. The van der Waals surface area contributed by atoms with Gasteiger partial charge in [0, 0.05) is 30.6 Å². The van der Waals surface area contributed by atoms with Gasteiger partial charge in [-0.3, -0.25) is 14.3 Å². The molecule has 2 heterocycles. The van der Waals surface area contributed by atoms with E-state index in [0.29, 0.717) is 28.6 Å². The number of carbonyl (C=O) groups excluding carboxylic acids is 2. The highest BCUT2D eigenvalue weighted by Crippen LogP contribution is 2.29. The van der Waals surface area contributed by atoms with Crippen molar-refractivity contribution in [1.29, 1.82) is 0 Å². The summed E-state index contributed by atoms with van der Waals surface area (Å²) in [6, 6.07) is 6.07. The molecule has 0 spiro atoms. The fourth-order valence-electron chi connectivity index (χ4n) is 2.32. The number of alkyl halides is 3. The van der Waals surface area contributed by atoms with Crippen LogP contribution in [-0.2, 0) is 17.5 Å². The molecule has 0 fully saturated rings. The van der Waals surface area contributed by atoms with Crippen molar-refractivity contribution in [2.45, 2.75) is 19.6 Å². The minimum Gasteiger partial charge on any atom is -0.306 e. The lowest BCUT2D eigenvalue weighted by molar-refractivity contribution is -0.137. The highest BCUT2D eigenvalue weighted by Gasteiger charge is 2.29. The average molecular weight is 420 g/mol. The first-order valence-electron chi connectivity index (χ1n) is 8.36. The number of carbonyl (C=O) groups is 2. The standard InChI is InChI=1S/C19H15F3N4O2S/c1-12(27)15-11-29-18(23-15)10-26-9-8-16(25-26)24-17(28)7-4-13-2-5-14(6-3-13)19(20,21)22/h2-9,11H,10H2,1H3,(H,24,25,28).